The fourth-order valence-corrected chi connectivity index (χ4v) is 0.133. The van der Waals surface area contributed by atoms with Gasteiger partial charge in [0.15, 0.2) is 5.96 Å². The molecule has 0 heterocycles. The van der Waals surface area contributed by atoms with Crippen molar-refractivity contribution in [1.29, 1.82) is 0 Å². The second-order valence-electron chi connectivity index (χ2n) is 0.900. The first-order valence-electron chi connectivity index (χ1n) is 1.58. The Morgan fingerprint density at radius 3 is 1.86 bits per heavy atom. The van der Waals surface area contributed by atoms with E-state index in [1.165, 1.54) is 0 Å². The Kier molecular flexibility index (Phi) is 2.10. The van der Waals surface area contributed by atoms with Crippen molar-refractivity contribution >= 4 is 5.96 Å². The monoisotopic (exact) mass is 105 g/mol. The van der Waals surface area contributed by atoms with E-state index in [2.05, 4.69) is 4.99 Å². The quantitative estimate of drug-likeness (QED) is 0.168. The fraction of sp³-hybridized carbons (Fsp3) is 0.500. The van der Waals surface area contributed by atoms with Gasteiger partial charge in [0, 0.05) is 0 Å². The molecule has 0 saturated heterocycles. The number of rotatable bonds is 1. The molecule has 0 atom stereocenters. The number of aliphatic hydroxyl groups is 2. The lowest BCUT2D eigenvalue weighted by atomic mass is 11.0. The lowest BCUT2D eigenvalue weighted by molar-refractivity contribution is -0.0311. The summed E-state index contributed by atoms with van der Waals surface area (Å²) >= 11 is 0. The summed E-state index contributed by atoms with van der Waals surface area (Å²) in [6, 6.07) is 0. The van der Waals surface area contributed by atoms with E-state index in [0.717, 1.165) is 0 Å². The summed E-state index contributed by atoms with van der Waals surface area (Å²) in [5.41, 5.74) is 9.40. The van der Waals surface area contributed by atoms with Gasteiger partial charge >= 0.3 is 0 Å². The van der Waals surface area contributed by atoms with Crippen LogP contribution in [0.15, 0.2) is 4.99 Å². The van der Waals surface area contributed by atoms with Gasteiger partial charge in [-0.25, -0.2) is 0 Å². The second-order valence-corrected chi connectivity index (χ2v) is 0.900. The molecule has 0 aliphatic carbocycles. The normalized spacial score (nSPS) is 9.00. The minimum Gasteiger partial charge on any atom is -0.370 e. The molecule has 7 heavy (non-hydrogen) atoms. The van der Waals surface area contributed by atoms with Gasteiger partial charge in [0.05, 0.1) is 0 Å². The van der Waals surface area contributed by atoms with Crippen LogP contribution in [0.25, 0.3) is 0 Å². The van der Waals surface area contributed by atoms with E-state index < -0.39 is 6.41 Å². The molecule has 5 nitrogen and oxygen atoms in total. The zero-order chi connectivity index (χ0) is 5.86. The van der Waals surface area contributed by atoms with Crippen molar-refractivity contribution in [1.82, 2.24) is 0 Å². The van der Waals surface area contributed by atoms with Crippen LogP contribution in [-0.2, 0) is 0 Å². The molecule has 6 N–H and O–H groups in total. The van der Waals surface area contributed by atoms with E-state index in [-0.39, 0.29) is 5.96 Å². The molecule has 0 rings (SSSR count). The van der Waals surface area contributed by atoms with Gasteiger partial charge in [-0.15, -0.1) is 0 Å². The average Bonchev–Trinajstić information content (AvgIpc) is 1.27. The minimum absolute atomic E-state index is 0.338. The molecule has 0 aromatic carbocycles. The van der Waals surface area contributed by atoms with Crippen LogP contribution in [0.3, 0.4) is 0 Å². The van der Waals surface area contributed by atoms with Gasteiger partial charge in [-0.1, -0.05) is 0 Å². The van der Waals surface area contributed by atoms with E-state index in [9.17, 15) is 0 Å². The van der Waals surface area contributed by atoms with Gasteiger partial charge in [-0.2, -0.15) is 4.99 Å². The Hall–Kier alpha value is -0.810. The number of nitrogens with two attached hydrogens (primary N) is 2. The van der Waals surface area contributed by atoms with E-state index in [1.807, 2.05) is 0 Å². The summed E-state index contributed by atoms with van der Waals surface area (Å²) in [4.78, 5) is 2.86. The molecular formula is C2H7N3O2. The first-order valence-corrected chi connectivity index (χ1v) is 1.58. The van der Waals surface area contributed by atoms with Crippen molar-refractivity contribution < 1.29 is 10.2 Å². The number of guanidine groups is 1. The highest BCUT2D eigenvalue weighted by atomic mass is 16.5. The summed E-state index contributed by atoms with van der Waals surface area (Å²) < 4.78 is 0. The standard InChI is InChI=1S/C2H7N3O2/c3-1(4)5-2(6)7/h2,6-7H,(H4,3,4,5). The van der Waals surface area contributed by atoms with Crippen molar-refractivity contribution in [3.63, 3.8) is 0 Å². The Bertz CT molecular complexity index is 75.0. The summed E-state index contributed by atoms with van der Waals surface area (Å²) in [6.45, 7) is 0. The molecule has 0 saturated carbocycles. The van der Waals surface area contributed by atoms with E-state index in [1.54, 1.807) is 0 Å². The van der Waals surface area contributed by atoms with Crippen LogP contribution in [0.2, 0.25) is 0 Å². The molecule has 0 aromatic heterocycles. The maximum absolute atomic E-state index is 7.93. The Labute approximate surface area is 40.3 Å². The molecule has 0 bridgehead atoms. The molecular weight excluding hydrogens is 98.0 g/mol. The molecule has 5 heteroatoms. The van der Waals surface area contributed by atoms with Crippen LogP contribution in [0.4, 0.5) is 0 Å². The number of aliphatic hydroxyl groups excluding tert-OH is 1. The second kappa shape index (κ2) is 2.38. The zero-order valence-corrected chi connectivity index (χ0v) is 3.57. The third-order valence-corrected chi connectivity index (χ3v) is 0.265. The first kappa shape index (κ1) is 6.19. The van der Waals surface area contributed by atoms with Gasteiger partial charge in [0.25, 0.3) is 6.41 Å². The van der Waals surface area contributed by atoms with Crippen LogP contribution in [-0.4, -0.2) is 22.6 Å². The molecule has 0 fully saturated rings. The number of hydrogen-bond donors (Lipinski definition) is 4. The highest BCUT2D eigenvalue weighted by molar-refractivity contribution is 5.75. The number of aliphatic imine (C=N–C) groups is 1. The predicted molar refractivity (Wildman–Crippen MR) is 24.0 cm³/mol. The van der Waals surface area contributed by atoms with E-state index in [0.29, 0.717) is 0 Å². The van der Waals surface area contributed by atoms with E-state index in [4.69, 9.17) is 21.7 Å². The van der Waals surface area contributed by atoms with Gasteiger partial charge in [-0.3, -0.25) is 0 Å². The van der Waals surface area contributed by atoms with Gasteiger partial charge in [0.1, 0.15) is 0 Å². The Morgan fingerprint density at radius 2 is 1.86 bits per heavy atom. The number of hydrogen-bond acceptors (Lipinski definition) is 3. The van der Waals surface area contributed by atoms with Crippen LogP contribution < -0.4 is 11.5 Å². The molecule has 0 spiro atoms. The van der Waals surface area contributed by atoms with Crippen molar-refractivity contribution in [3.8, 4) is 0 Å². The lowest BCUT2D eigenvalue weighted by Crippen LogP contribution is -2.25. The SMILES string of the molecule is NC(N)=NC(O)O. The van der Waals surface area contributed by atoms with Crippen molar-refractivity contribution in [2.75, 3.05) is 0 Å². The van der Waals surface area contributed by atoms with Crippen LogP contribution in [0.1, 0.15) is 0 Å². The fourth-order valence-electron chi connectivity index (χ4n) is 0.133. The van der Waals surface area contributed by atoms with Gasteiger partial charge in [-0.05, 0) is 0 Å². The molecule has 0 unspecified atom stereocenters. The molecule has 0 aromatic rings. The lowest BCUT2D eigenvalue weighted by Gasteiger charge is -1.92. The third-order valence-electron chi connectivity index (χ3n) is 0.265. The van der Waals surface area contributed by atoms with Crippen molar-refractivity contribution in [2.45, 2.75) is 6.41 Å². The highest BCUT2D eigenvalue weighted by Crippen LogP contribution is 1.70. The Balaban J connectivity index is 3.45. The van der Waals surface area contributed by atoms with Crippen LogP contribution in [0, 0.1) is 0 Å². The molecule has 0 aliphatic rings. The third kappa shape index (κ3) is 5.19. The maximum Gasteiger partial charge on any atom is 0.256 e. The summed E-state index contributed by atoms with van der Waals surface area (Å²) in [6.07, 6.45) is -1.79. The smallest absolute Gasteiger partial charge is 0.256 e. The topological polar surface area (TPSA) is 105 Å². The highest BCUT2D eigenvalue weighted by Gasteiger charge is 1.87. The molecule has 42 valence electrons. The first-order chi connectivity index (χ1) is 3.13. The average molecular weight is 105 g/mol. The number of nitrogens with zero attached hydrogens (tertiary/aromatic N) is 1. The van der Waals surface area contributed by atoms with Gasteiger partial charge in [0.2, 0.25) is 0 Å². The summed E-state index contributed by atoms with van der Waals surface area (Å²) in [7, 11) is 0. The van der Waals surface area contributed by atoms with E-state index >= 15 is 0 Å². The Morgan fingerprint density at radius 1 is 1.43 bits per heavy atom. The summed E-state index contributed by atoms with van der Waals surface area (Å²) in [5.74, 6) is -0.338. The van der Waals surface area contributed by atoms with Crippen LogP contribution in [0.5, 0.6) is 0 Å². The van der Waals surface area contributed by atoms with Gasteiger partial charge < -0.3 is 21.7 Å². The van der Waals surface area contributed by atoms with Crippen molar-refractivity contribution in [3.05, 3.63) is 0 Å². The van der Waals surface area contributed by atoms with Crippen LogP contribution >= 0.6 is 0 Å². The van der Waals surface area contributed by atoms with Crippen molar-refractivity contribution in [2.24, 2.45) is 16.5 Å². The summed E-state index contributed by atoms with van der Waals surface area (Å²) in [5, 5.41) is 15.9. The zero-order valence-electron chi connectivity index (χ0n) is 3.57. The minimum atomic E-state index is -1.79. The largest absolute Gasteiger partial charge is 0.370 e. The molecule has 0 amide bonds. The molecule has 0 radical (unpaired) electrons. The molecule has 0 aliphatic heterocycles. The maximum atomic E-state index is 7.93. The predicted octanol–water partition coefficient (Wildman–Crippen LogP) is -2.47.